The number of anilines is 1. The van der Waals surface area contributed by atoms with Crippen molar-refractivity contribution in [2.75, 3.05) is 11.8 Å². The lowest BCUT2D eigenvalue weighted by Gasteiger charge is -2.13. The van der Waals surface area contributed by atoms with Crippen molar-refractivity contribution in [3.8, 4) is 17.0 Å². The Morgan fingerprint density at radius 1 is 0.968 bits per heavy atom. The minimum Gasteiger partial charge on any atom is -0.480 e. The Balaban J connectivity index is 1.53. The molecule has 0 radical (unpaired) electrons. The maximum Gasteiger partial charge on any atom is 0.262 e. The molecule has 0 atom stereocenters. The van der Waals surface area contributed by atoms with Gasteiger partial charge in [0.1, 0.15) is 5.69 Å². The van der Waals surface area contributed by atoms with E-state index in [1.807, 2.05) is 18.2 Å². The highest BCUT2D eigenvalue weighted by Gasteiger charge is 2.25. The van der Waals surface area contributed by atoms with Crippen LogP contribution in [-0.4, -0.2) is 30.7 Å². The number of nitrogens with zero attached hydrogens (tertiary/aromatic N) is 3. The normalized spacial score (nSPS) is 13.8. The molecule has 0 aliphatic heterocycles. The van der Waals surface area contributed by atoms with E-state index in [-0.39, 0.29) is 16.5 Å². The molecule has 1 aliphatic rings. The van der Waals surface area contributed by atoms with Crippen molar-refractivity contribution in [2.24, 2.45) is 0 Å². The maximum atomic E-state index is 12.8. The van der Waals surface area contributed by atoms with Gasteiger partial charge in [0.15, 0.2) is 0 Å². The molecule has 1 saturated carbocycles. The smallest absolute Gasteiger partial charge is 0.262 e. The molecule has 0 amide bonds. The number of aromatic nitrogens is 3. The predicted molar refractivity (Wildman–Crippen MR) is 119 cm³/mol. The van der Waals surface area contributed by atoms with Gasteiger partial charge in [-0.1, -0.05) is 24.3 Å². The van der Waals surface area contributed by atoms with Gasteiger partial charge in [0.2, 0.25) is 5.88 Å². The molecule has 1 fully saturated rings. The molecule has 2 aromatic carbocycles. The lowest BCUT2D eigenvalue weighted by atomic mass is 10.0. The summed E-state index contributed by atoms with van der Waals surface area (Å²) in [6, 6.07) is 17.8. The van der Waals surface area contributed by atoms with Gasteiger partial charge < -0.3 is 4.74 Å². The van der Waals surface area contributed by atoms with Crippen LogP contribution in [0.3, 0.4) is 0 Å². The van der Waals surface area contributed by atoms with E-state index in [1.54, 1.807) is 30.5 Å². The van der Waals surface area contributed by atoms with E-state index in [0.29, 0.717) is 5.92 Å². The molecule has 5 rings (SSSR count). The van der Waals surface area contributed by atoms with Crippen LogP contribution in [-0.2, 0) is 10.0 Å². The zero-order valence-electron chi connectivity index (χ0n) is 16.8. The third-order valence-electron chi connectivity index (χ3n) is 5.28. The number of benzene rings is 2. The summed E-state index contributed by atoms with van der Waals surface area (Å²) < 4.78 is 33.5. The standard InChI is InChI=1S/C23H20N4O3S/c1-30-23-22(27-31(28,29)19-5-3-2-4-6-19)13-18(14-24-23)16-9-10-20-17(11-16)12-21(26-25-20)15-7-8-15/h2-6,9-15,27H,7-8H2,1H3. The molecule has 2 aromatic heterocycles. The van der Waals surface area contributed by atoms with Crippen LogP contribution in [0.5, 0.6) is 5.88 Å². The van der Waals surface area contributed by atoms with Gasteiger partial charge in [0.05, 0.1) is 23.2 Å². The number of fused-ring (bicyclic) bond motifs is 1. The van der Waals surface area contributed by atoms with Gasteiger partial charge in [-0.3, -0.25) is 4.72 Å². The van der Waals surface area contributed by atoms with Crippen molar-refractivity contribution in [3.63, 3.8) is 0 Å². The van der Waals surface area contributed by atoms with Crippen molar-refractivity contribution >= 4 is 26.6 Å². The second kappa shape index (κ2) is 7.63. The van der Waals surface area contributed by atoms with Crippen molar-refractivity contribution in [1.82, 2.24) is 15.2 Å². The van der Waals surface area contributed by atoms with Gasteiger partial charge in [0.25, 0.3) is 10.0 Å². The van der Waals surface area contributed by atoms with Crippen LogP contribution < -0.4 is 9.46 Å². The minimum absolute atomic E-state index is 0.166. The number of pyridine rings is 1. The number of nitrogens with one attached hydrogen (secondary N) is 1. The average molecular weight is 433 g/mol. The maximum absolute atomic E-state index is 12.8. The molecule has 156 valence electrons. The number of hydrogen-bond acceptors (Lipinski definition) is 6. The van der Waals surface area contributed by atoms with Crippen molar-refractivity contribution in [2.45, 2.75) is 23.7 Å². The van der Waals surface area contributed by atoms with Crippen molar-refractivity contribution in [1.29, 1.82) is 0 Å². The predicted octanol–water partition coefficient (Wildman–Crippen LogP) is 4.38. The molecule has 8 heteroatoms. The summed E-state index contributed by atoms with van der Waals surface area (Å²) in [6.07, 6.45) is 3.98. The molecule has 0 unspecified atom stereocenters. The summed E-state index contributed by atoms with van der Waals surface area (Å²) in [5, 5.41) is 9.65. The van der Waals surface area contributed by atoms with Gasteiger partial charge in [-0.25, -0.2) is 13.4 Å². The van der Waals surface area contributed by atoms with Crippen LogP contribution in [0.4, 0.5) is 5.69 Å². The van der Waals surface area contributed by atoms with E-state index in [2.05, 4.69) is 26.0 Å². The third-order valence-corrected chi connectivity index (χ3v) is 6.66. The molecule has 0 spiro atoms. The van der Waals surface area contributed by atoms with Gasteiger partial charge >= 0.3 is 0 Å². The largest absolute Gasteiger partial charge is 0.480 e. The molecule has 0 bridgehead atoms. The molecular formula is C23H20N4O3S. The molecule has 1 N–H and O–H groups in total. The summed E-state index contributed by atoms with van der Waals surface area (Å²) in [7, 11) is -2.32. The van der Waals surface area contributed by atoms with Crippen LogP contribution in [0.15, 0.2) is 71.8 Å². The van der Waals surface area contributed by atoms with E-state index < -0.39 is 10.0 Å². The first-order valence-electron chi connectivity index (χ1n) is 9.93. The average Bonchev–Trinajstić information content (AvgIpc) is 3.64. The van der Waals surface area contributed by atoms with E-state index >= 15 is 0 Å². The number of hydrogen-bond donors (Lipinski definition) is 1. The summed E-state index contributed by atoms with van der Waals surface area (Å²) >= 11 is 0. The molecular weight excluding hydrogens is 412 g/mol. The summed E-state index contributed by atoms with van der Waals surface area (Å²) in [5.74, 6) is 0.716. The summed E-state index contributed by atoms with van der Waals surface area (Å²) in [5.41, 5.74) is 3.78. The van der Waals surface area contributed by atoms with Gasteiger partial charge in [-0.15, -0.1) is 0 Å². The van der Waals surface area contributed by atoms with Crippen LogP contribution in [0, 0.1) is 0 Å². The number of rotatable bonds is 6. The Bertz CT molecular complexity index is 1370. The van der Waals surface area contributed by atoms with Gasteiger partial charge in [-0.05, 0) is 54.8 Å². The topological polar surface area (TPSA) is 94.1 Å². The van der Waals surface area contributed by atoms with E-state index in [0.717, 1.165) is 40.6 Å². The molecule has 31 heavy (non-hydrogen) atoms. The van der Waals surface area contributed by atoms with Gasteiger partial charge in [0, 0.05) is 23.1 Å². The second-order valence-corrected chi connectivity index (χ2v) is 9.20. The van der Waals surface area contributed by atoms with E-state index in [9.17, 15) is 8.42 Å². The third kappa shape index (κ3) is 3.94. The quantitative estimate of drug-likeness (QED) is 0.486. The Morgan fingerprint density at radius 3 is 2.52 bits per heavy atom. The van der Waals surface area contributed by atoms with Crippen molar-refractivity contribution in [3.05, 3.63) is 72.6 Å². The Labute approximate surface area is 180 Å². The zero-order valence-corrected chi connectivity index (χ0v) is 17.6. The monoisotopic (exact) mass is 432 g/mol. The fourth-order valence-corrected chi connectivity index (χ4v) is 4.54. The Kier molecular flexibility index (Phi) is 4.78. The van der Waals surface area contributed by atoms with E-state index in [1.165, 1.54) is 19.2 Å². The highest BCUT2D eigenvalue weighted by Crippen LogP contribution is 2.39. The number of ether oxygens (including phenoxy) is 1. The molecule has 0 saturated heterocycles. The first-order valence-corrected chi connectivity index (χ1v) is 11.4. The fourth-order valence-electron chi connectivity index (χ4n) is 3.47. The molecule has 7 nitrogen and oxygen atoms in total. The summed E-state index contributed by atoms with van der Waals surface area (Å²) in [4.78, 5) is 4.48. The Hall–Kier alpha value is -3.52. The van der Waals surface area contributed by atoms with Gasteiger partial charge in [-0.2, -0.15) is 10.2 Å². The minimum atomic E-state index is -3.78. The highest BCUT2D eigenvalue weighted by atomic mass is 32.2. The Morgan fingerprint density at radius 2 is 1.77 bits per heavy atom. The highest BCUT2D eigenvalue weighted by molar-refractivity contribution is 7.92. The molecule has 2 heterocycles. The number of sulfonamides is 1. The second-order valence-electron chi connectivity index (χ2n) is 7.52. The van der Waals surface area contributed by atoms with Crippen LogP contribution in [0.25, 0.3) is 22.0 Å². The SMILES string of the molecule is COc1ncc(-c2ccc3nnc(C4CC4)cc3c2)cc1NS(=O)(=O)c1ccccc1. The first kappa shape index (κ1) is 19.4. The summed E-state index contributed by atoms with van der Waals surface area (Å²) in [6.45, 7) is 0. The molecule has 4 aromatic rings. The van der Waals surface area contributed by atoms with Crippen LogP contribution in [0.1, 0.15) is 24.5 Å². The van der Waals surface area contributed by atoms with Crippen molar-refractivity contribution < 1.29 is 13.2 Å². The van der Waals surface area contributed by atoms with Crippen LogP contribution >= 0.6 is 0 Å². The lowest BCUT2D eigenvalue weighted by Crippen LogP contribution is -2.14. The number of methoxy groups -OCH3 is 1. The lowest BCUT2D eigenvalue weighted by molar-refractivity contribution is 0.400. The van der Waals surface area contributed by atoms with E-state index in [4.69, 9.17) is 4.74 Å². The fraction of sp³-hybridized carbons (Fsp3) is 0.174. The zero-order chi connectivity index (χ0) is 21.4. The van der Waals surface area contributed by atoms with Crippen LogP contribution in [0.2, 0.25) is 0 Å². The molecule has 1 aliphatic carbocycles. The first-order chi connectivity index (χ1) is 15.0.